The molecule has 128 valence electrons. The summed E-state index contributed by atoms with van der Waals surface area (Å²) in [7, 11) is 1.68. The number of hydrogen-bond acceptors (Lipinski definition) is 2. The molecule has 0 aliphatic carbocycles. The molecule has 2 aromatic rings. The maximum absolute atomic E-state index is 13.2. The fraction of sp³-hybridized carbons (Fsp3) is 0.316. The van der Waals surface area contributed by atoms with Gasteiger partial charge in [0.1, 0.15) is 5.82 Å². The number of hydrogen-bond donors (Lipinski definition) is 2. The number of nitrogens with one attached hydrogen (secondary N) is 1. The molecule has 0 heterocycles. The van der Waals surface area contributed by atoms with Crippen LogP contribution in [-0.4, -0.2) is 35.7 Å². The van der Waals surface area contributed by atoms with Crippen molar-refractivity contribution in [1.29, 1.82) is 0 Å². The molecule has 0 aromatic heterocycles. The molecule has 4 nitrogen and oxygen atoms in total. The van der Waals surface area contributed by atoms with E-state index in [-0.39, 0.29) is 17.9 Å². The third-order valence-electron chi connectivity index (χ3n) is 3.83. The van der Waals surface area contributed by atoms with Gasteiger partial charge in [0.15, 0.2) is 0 Å². The van der Waals surface area contributed by atoms with Crippen molar-refractivity contribution in [3.63, 3.8) is 0 Å². The second kappa shape index (κ2) is 8.45. The number of rotatable bonds is 6. The van der Waals surface area contributed by atoms with Gasteiger partial charge in [0.2, 0.25) is 0 Å². The van der Waals surface area contributed by atoms with Gasteiger partial charge < -0.3 is 15.3 Å². The molecular weight excluding hydrogens is 307 g/mol. The number of nitrogens with zero attached hydrogens (tertiary/aromatic N) is 1. The number of aliphatic hydroxyl groups is 1. The van der Waals surface area contributed by atoms with Crippen LogP contribution in [0.15, 0.2) is 54.6 Å². The van der Waals surface area contributed by atoms with Gasteiger partial charge in [0.25, 0.3) is 0 Å². The summed E-state index contributed by atoms with van der Waals surface area (Å²) in [6.45, 7) is 2.14. The van der Waals surface area contributed by atoms with Crippen molar-refractivity contribution in [2.75, 3.05) is 13.6 Å². The van der Waals surface area contributed by atoms with Crippen LogP contribution in [0.5, 0.6) is 0 Å². The molecule has 0 fully saturated rings. The third kappa shape index (κ3) is 5.06. The number of halogens is 1. The highest BCUT2D eigenvalue weighted by Crippen LogP contribution is 2.22. The summed E-state index contributed by atoms with van der Waals surface area (Å²) in [6, 6.07) is 15.0. The Balaban J connectivity index is 2.17. The van der Waals surface area contributed by atoms with E-state index in [9.17, 15) is 14.3 Å². The summed E-state index contributed by atoms with van der Waals surface area (Å²) in [5.74, 6) is -0.314. The van der Waals surface area contributed by atoms with Crippen LogP contribution >= 0.6 is 0 Å². The molecule has 2 unspecified atom stereocenters. The van der Waals surface area contributed by atoms with Crippen molar-refractivity contribution in [1.82, 2.24) is 10.2 Å². The second-order valence-electron chi connectivity index (χ2n) is 5.90. The lowest BCUT2D eigenvalue weighted by Gasteiger charge is -2.25. The quantitative estimate of drug-likeness (QED) is 0.853. The van der Waals surface area contributed by atoms with Crippen molar-refractivity contribution in [3.05, 3.63) is 71.5 Å². The van der Waals surface area contributed by atoms with Crippen LogP contribution in [0.1, 0.15) is 30.5 Å². The van der Waals surface area contributed by atoms with Crippen molar-refractivity contribution in [2.45, 2.75) is 25.5 Å². The van der Waals surface area contributed by atoms with Gasteiger partial charge in [0, 0.05) is 13.6 Å². The molecular formula is C19H23FN2O2. The van der Waals surface area contributed by atoms with Gasteiger partial charge >= 0.3 is 6.03 Å². The topological polar surface area (TPSA) is 52.6 Å². The van der Waals surface area contributed by atoms with Crippen LogP contribution < -0.4 is 5.32 Å². The van der Waals surface area contributed by atoms with Crippen LogP contribution in [0, 0.1) is 5.82 Å². The first-order valence-electron chi connectivity index (χ1n) is 7.97. The molecule has 0 aliphatic rings. The molecule has 2 rings (SSSR count). The zero-order valence-corrected chi connectivity index (χ0v) is 13.9. The van der Waals surface area contributed by atoms with Gasteiger partial charge in [-0.3, -0.25) is 0 Å². The lowest BCUT2D eigenvalue weighted by atomic mass is 9.99. The van der Waals surface area contributed by atoms with Gasteiger partial charge in [-0.25, -0.2) is 9.18 Å². The van der Waals surface area contributed by atoms with Crippen molar-refractivity contribution in [2.24, 2.45) is 0 Å². The largest absolute Gasteiger partial charge is 0.393 e. The highest BCUT2D eigenvalue weighted by atomic mass is 19.1. The van der Waals surface area contributed by atoms with E-state index in [4.69, 9.17) is 0 Å². The van der Waals surface area contributed by atoms with E-state index in [1.54, 1.807) is 26.1 Å². The van der Waals surface area contributed by atoms with Crippen LogP contribution in [-0.2, 0) is 0 Å². The minimum absolute atomic E-state index is 0.242. The number of carbonyl (C=O) groups excluding carboxylic acids is 1. The molecule has 2 aromatic carbocycles. The molecule has 0 bridgehead atoms. The number of carbonyl (C=O) groups is 1. The standard InChI is InChI=1S/C19H23FN2O2/c1-14(23)12-13-22(2)19(24)21-18(15-6-4-3-5-7-15)16-8-10-17(20)11-9-16/h3-11,14,18,23H,12-13H2,1-2H3,(H,21,24). The molecule has 0 aliphatic heterocycles. The van der Waals surface area contributed by atoms with Gasteiger partial charge in [0.05, 0.1) is 12.1 Å². The predicted octanol–water partition coefficient (Wildman–Crippen LogP) is 3.33. The van der Waals surface area contributed by atoms with Crippen LogP contribution in [0.25, 0.3) is 0 Å². The average molecular weight is 330 g/mol. The van der Waals surface area contributed by atoms with E-state index in [2.05, 4.69) is 5.32 Å². The lowest BCUT2D eigenvalue weighted by molar-refractivity contribution is 0.162. The predicted molar refractivity (Wildman–Crippen MR) is 92.1 cm³/mol. The highest BCUT2D eigenvalue weighted by molar-refractivity contribution is 5.75. The molecule has 24 heavy (non-hydrogen) atoms. The Morgan fingerprint density at radius 3 is 2.29 bits per heavy atom. The Labute approximate surface area is 141 Å². The number of aliphatic hydroxyl groups excluding tert-OH is 1. The Kier molecular flexibility index (Phi) is 6.32. The Bertz CT molecular complexity index is 644. The Morgan fingerprint density at radius 2 is 1.71 bits per heavy atom. The molecule has 0 saturated carbocycles. The molecule has 2 atom stereocenters. The van der Waals surface area contributed by atoms with E-state index in [1.165, 1.54) is 17.0 Å². The fourth-order valence-electron chi connectivity index (χ4n) is 2.38. The van der Waals surface area contributed by atoms with Gasteiger partial charge in [-0.2, -0.15) is 0 Å². The van der Waals surface area contributed by atoms with Crippen LogP contribution in [0.4, 0.5) is 9.18 Å². The zero-order valence-electron chi connectivity index (χ0n) is 13.9. The first kappa shape index (κ1) is 17.9. The number of amides is 2. The van der Waals surface area contributed by atoms with E-state index in [0.29, 0.717) is 13.0 Å². The second-order valence-corrected chi connectivity index (χ2v) is 5.90. The summed E-state index contributed by atoms with van der Waals surface area (Å²) in [5.41, 5.74) is 1.72. The Morgan fingerprint density at radius 1 is 1.12 bits per heavy atom. The summed E-state index contributed by atoms with van der Waals surface area (Å²) < 4.78 is 13.2. The maximum atomic E-state index is 13.2. The summed E-state index contributed by atoms with van der Waals surface area (Å²) >= 11 is 0. The summed E-state index contributed by atoms with van der Waals surface area (Å²) in [6.07, 6.45) is 0.0542. The smallest absolute Gasteiger partial charge is 0.317 e. The van der Waals surface area contributed by atoms with E-state index in [1.807, 2.05) is 30.3 Å². The molecule has 2 N–H and O–H groups in total. The van der Waals surface area contributed by atoms with Gasteiger partial charge in [-0.1, -0.05) is 42.5 Å². The minimum atomic E-state index is -0.456. The SMILES string of the molecule is CC(O)CCN(C)C(=O)NC(c1ccccc1)c1ccc(F)cc1. The van der Waals surface area contributed by atoms with Crippen molar-refractivity contribution in [3.8, 4) is 0 Å². The first-order chi connectivity index (χ1) is 11.5. The van der Waals surface area contributed by atoms with Crippen molar-refractivity contribution >= 4 is 6.03 Å². The van der Waals surface area contributed by atoms with E-state index >= 15 is 0 Å². The van der Waals surface area contributed by atoms with Crippen molar-refractivity contribution < 1.29 is 14.3 Å². The van der Waals surface area contributed by atoms with Gasteiger partial charge in [-0.05, 0) is 36.6 Å². The summed E-state index contributed by atoms with van der Waals surface area (Å²) in [5, 5.41) is 12.3. The normalized spacial score (nSPS) is 13.2. The Hall–Kier alpha value is -2.40. The van der Waals surface area contributed by atoms with Crippen LogP contribution in [0.2, 0.25) is 0 Å². The van der Waals surface area contributed by atoms with Crippen LogP contribution in [0.3, 0.4) is 0 Å². The van der Waals surface area contributed by atoms with E-state index < -0.39 is 6.10 Å². The monoisotopic (exact) mass is 330 g/mol. The first-order valence-corrected chi connectivity index (χ1v) is 7.97. The zero-order chi connectivity index (χ0) is 17.5. The average Bonchev–Trinajstić information content (AvgIpc) is 2.59. The maximum Gasteiger partial charge on any atom is 0.317 e. The minimum Gasteiger partial charge on any atom is -0.393 e. The van der Waals surface area contributed by atoms with E-state index in [0.717, 1.165) is 11.1 Å². The molecule has 5 heteroatoms. The molecule has 0 saturated heterocycles. The molecule has 0 spiro atoms. The number of urea groups is 1. The summed E-state index contributed by atoms with van der Waals surface area (Å²) in [4.78, 5) is 14.0. The molecule has 0 radical (unpaired) electrons. The van der Waals surface area contributed by atoms with Gasteiger partial charge in [-0.15, -0.1) is 0 Å². The lowest BCUT2D eigenvalue weighted by Crippen LogP contribution is -2.40. The highest BCUT2D eigenvalue weighted by Gasteiger charge is 2.19. The molecule has 2 amide bonds. The number of benzene rings is 2. The fourth-order valence-corrected chi connectivity index (χ4v) is 2.38. The third-order valence-corrected chi connectivity index (χ3v) is 3.83.